The van der Waals surface area contributed by atoms with Crippen LogP contribution in [0.4, 0.5) is 10.5 Å². The van der Waals surface area contributed by atoms with Crippen LogP contribution in [0.5, 0.6) is 0 Å². The Morgan fingerprint density at radius 1 is 1.18 bits per heavy atom. The van der Waals surface area contributed by atoms with Crippen molar-refractivity contribution in [3.63, 3.8) is 0 Å². The lowest BCUT2D eigenvalue weighted by molar-refractivity contribution is 0.188. The van der Waals surface area contributed by atoms with Gasteiger partial charge in [0.25, 0.3) is 10.0 Å². The maximum absolute atomic E-state index is 13.1. The van der Waals surface area contributed by atoms with Crippen LogP contribution in [0.25, 0.3) is 10.9 Å². The van der Waals surface area contributed by atoms with Crippen molar-refractivity contribution in [2.75, 3.05) is 5.32 Å². The van der Waals surface area contributed by atoms with Gasteiger partial charge in [0.1, 0.15) is 0 Å². The Kier molecular flexibility index (Phi) is 4.30. The molecule has 1 aliphatic rings. The first-order chi connectivity index (χ1) is 13.3. The van der Waals surface area contributed by atoms with Gasteiger partial charge in [-0.2, -0.15) is 0 Å². The van der Waals surface area contributed by atoms with Crippen molar-refractivity contribution >= 4 is 32.7 Å². The molecule has 0 radical (unpaired) electrons. The lowest BCUT2D eigenvalue weighted by atomic mass is 9.91. The van der Waals surface area contributed by atoms with E-state index >= 15 is 0 Å². The number of anilines is 1. The van der Waals surface area contributed by atoms with Crippen LogP contribution >= 0.6 is 0 Å². The maximum atomic E-state index is 13.1. The molecule has 3 aromatic rings. The number of aromatic nitrogens is 1. The molecule has 146 valence electrons. The molecule has 7 nitrogen and oxygen atoms in total. The molecule has 2 heterocycles. The van der Waals surface area contributed by atoms with Crippen molar-refractivity contribution in [2.45, 2.75) is 37.2 Å². The monoisotopic (exact) mass is 399 g/mol. The fraction of sp³-hybridized carbons (Fsp3) is 0.250. The zero-order valence-electron chi connectivity index (χ0n) is 15.5. The van der Waals surface area contributed by atoms with E-state index in [0.29, 0.717) is 17.3 Å². The lowest BCUT2D eigenvalue weighted by Gasteiger charge is -2.32. The minimum absolute atomic E-state index is 0.0974. The molecule has 0 fully saturated rings. The number of carboxylic acid groups (broad SMARTS) is 1. The number of fused-ring (bicyclic) bond motifs is 3. The average Bonchev–Trinajstić information content (AvgIpc) is 3.06. The van der Waals surface area contributed by atoms with Crippen LogP contribution in [0, 0.1) is 6.92 Å². The molecule has 0 saturated heterocycles. The van der Waals surface area contributed by atoms with Gasteiger partial charge in [0, 0.05) is 28.9 Å². The second-order valence-electron chi connectivity index (χ2n) is 7.17. The van der Waals surface area contributed by atoms with Crippen molar-refractivity contribution in [3.8, 4) is 0 Å². The van der Waals surface area contributed by atoms with E-state index in [1.165, 1.54) is 10.2 Å². The number of hydrogen-bond acceptors (Lipinski definition) is 4. The SMILES string of the molecule is Cc1ccc(S(=O)(=O)n2ccc3c4c(ccc32)NC(C)CC4NC(=O)O)cc1. The summed E-state index contributed by atoms with van der Waals surface area (Å²) in [6, 6.07) is 11.7. The largest absolute Gasteiger partial charge is 0.465 e. The van der Waals surface area contributed by atoms with Gasteiger partial charge in [0.15, 0.2) is 0 Å². The van der Waals surface area contributed by atoms with E-state index in [1.807, 2.05) is 19.9 Å². The van der Waals surface area contributed by atoms with Gasteiger partial charge in [0.05, 0.1) is 16.5 Å². The van der Waals surface area contributed by atoms with E-state index in [4.69, 9.17) is 0 Å². The van der Waals surface area contributed by atoms with Gasteiger partial charge in [0.2, 0.25) is 0 Å². The number of hydrogen-bond donors (Lipinski definition) is 3. The number of rotatable bonds is 3. The predicted molar refractivity (Wildman–Crippen MR) is 107 cm³/mol. The number of carbonyl (C=O) groups is 1. The highest BCUT2D eigenvalue weighted by atomic mass is 32.2. The van der Waals surface area contributed by atoms with E-state index in [1.54, 1.807) is 36.4 Å². The highest BCUT2D eigenvalue weighted by molar-refractivity contribution is 7.90. The predicted octanol–water partition coefficient (Wildman–Crippen LogP) is 3.70. The van der Waals surface area contributed by atoms with Crippen LogP contribution in [0.2, 0.25) is 0 Å². The molecule has 0 bridgehead atoms. The number of aryl methyl sites for hydroxylation is 1. The summed E-state index contributed by atoms with van der Waals surface area (Å²) in [5, 5.41) is 15.9. The normalized spacial score (nSPS) is 19.1. The molecule has 0 spiro atoms. The first-order valence-corrected chi connectivity index (χ1v) is 10.4. The number of nitrogens with zero attached hydrogens (tertiary/aromatic N) is 1. The molecular formula is C20H21N3O4S. The molecule has 2 atom stereocenters. The summed E-state index contributed by atoms with van der Waals surface area (Å²) in [6.45, 7) is 3.88. The summed E-state index contributed by atoms with van der Waals surface area (Å²) < 4.78 is 27.5. The van der Waals surface area contributed by atoms with Gasteiger partial charge in [-0.3, -0.25) is 0 Å². The maximum Gasteiger partial charge on any atom is 0.405 e. The number of amides is 1. The summed E-state index contributed by atoms with van der Waals surface area (Å²) in [7, 11) is -3.76. The highest BCUT2D eigenvalue weighted by Crippen LogP contribution is 2.39. The Balaban J connectivity index is 1.88. The fourth-order valence-electron chi connectivity index (χ4n) is 3.83. The standard InChI is InChI=1S/C20H21N3O4S/c1-12-3-5-14(6-4-12)28(26,27)23-10-9-15-18(23)8-7-16-19(15)17(22-20(24)25)11-13(2)21-16/h3-10,13,17,21-22H,11H2,1-2H3,(H,24,25). The Bertz CT molecular complexity index is 1170. The van der Waals surface area contributed by atoms with Crippen molar-refractivity contribution in [1.82, 2.24) is 9.29 Å². The summed E-state index contributed by atoms with van der Waals surface area (Å²) in [5.41, 5.74) is 3.09. The summed E-state index contributed by atoms with van der Waals surface area (Å²) in [5.74, 6) is 0. The number of benzene rings is 2. The molecule has 1 aromatic heterocycles. The van der Waals surface area contributed by atoms with Gasteiger partial charge in [-0.05, 0) is 50.6 Å². The van der Waals surface area contributed by atoms with Crippen LogP contribution < -0.4 is 10.6 Å². The third-order valence-electron chi connectivity index (χ3n) is 5.09. The second-order valence-corrected chi connectivity index (χ2v) is 8.99. The summed E-state index contributed by atoms with van der Waals surface area (Å²) in [6.07, 6.45) is 0.998. The molecular weight excluding hydrogens is 378 g/mol. The third kappa shape index (κ3) is 2.99. The molecule has 3 N–H and O–H groups in total. The average molecular weight is 399 g/mol. The minimum Gasteiger partial charge on any atom is -0.465 e. The Hall–Kier alpha value is -3.00. The number of nitrogens with one attached hydrogen (secondary N) is 2. The van der Waals surface area contributed by atoms with E-state index in [2.05, 4.69) is 10.6 Å². The molecule has 8 heteroatoms. The van der Waals surface area contributed by atoms with Gasteiger partial charge >= 0.3 is 6.09 Å². The van der Waals surface area contributed by atoms with Crippen molar-refractivity contribution in [1.29, 1.82) is 0 Å². The summed E-state index contributed by atoms with van der Waals surface area (Å²) >= 11 is 0. The van der Waals surface area contributed by atoms with Gasteiger partial charge < -0.3 is 15.7 Å². The third-order valence-corrected chi connectivity index (χ3v) is 6.80. The first kappa shape index (κ1) is 18.4. The van der Waals surface area contributed by atoms with Gasteiger partial charge in [-0.1, -0.05) is 17.7 Å². The molecule has 0 aliphatic carbocycles. The van der Waals surface area contributed by atoms with Crippen molar-refractivity contribution in [2.24, 2.45) is 0 Å². The van der Waals surface area contributed by atoms with E-state index < -0.39 is 22.2 Å². The molecule has 2 aromatic carbocycles. The van der Waals surface area contributed by atoms with Crippen molar-refractivity contribution < 1.29 is 18.3 Å². The molecule has 4 rings (SSSR count). The molecule has 1 amide bonds. The highest BCUT2D eigenvalue weighted by Gasteiger charge is 2.29. The smallest absolute Gasteiger partial charge is 0.405 e. The minimum atomic E-state index is -3.76. The van der Waals surface area contributed by atoms with Crippen molar-refractivity contribution in [3.05, 3.63) is 59.8 Å². The molecule has 2 unspecified atom stereocenters. The van der Waals surface area contributed by atoms with Crippen LogP contribution in [0.1, 0.15) is 30.5 Å². The topological polar surface area (TPSA) is 100 Å². The molecule has 1 aliphatic heterocycles. The fourth-order valence-corrected chi connectivity index (χ4v) is 5.17. The Morgan fingerprint density at radius 2 is 1.89 bits per heavy atom. The molecule has 28 heavy (non-hydrogen) atoms. The Morgan fingerprint density at radius 3 is 2.57 bits per heavy atom. The van der Waals surface area contributed by atoms with Crippen LogP contribution in [0.3, 0.4) is 0 Å². The van der Waals surface area contributed by atoms with Gasteiger partial charge in [-0.25, -0.2) is 17.2 Å². The first-order valence-electron chi connectivity index (χ1n) is 8.99. The summed E-state index contributed by atoms with van der Waals surface area (Å²) in [4.78, 5) is 11.5. The van der Waals surface area contributed by atoms with Crippen LogP contribution in [0.15, 0.2) is 53.6 Å². The van der Waals surface area contributed by atoms with E-state index in [0.717, 1.165) is 16.8 Å². The van der Waals surface area contributed by atoms with E-state index in [-0.39, 0.29) is 10.9 Å². The quantitative estimate of drug-likeness (QED) is 0.623. The second kappa shape index (κ2) is 6.56. The zero-order chi connectivity index (χ0) is 20.1. The van der Waals surface area contributed by atoms with Crippen LogP contribution in [-0.4, -0.2) is 29.6 Å². The Labute approximate surface area is 163 Å². The zero-order valence-corrected chi connectivity index (χ0v) is 16.3. The van der Waals surface area contributed by atoms with E-state index in [9.17, 15) is 18.3 Å². The lowest BCUT2D eigenvalue weighted by Crippen LogP contribution is -2.35. The van der Waals surface area contributed by atoms with Gasteiger partial charge in [-0.15, -0.1) is 0 Å². The van der Waals surface area contributed by atoms with Crippen LogP contribution in [-0.2, 0) is 10.0 Å². The molecule has 0 saturated carbocycles.